The Balaban J connectivity index is 1.86. The normalized spacial score (nSPS) is 38.3. The van der Waals surface area contributed by atoms with E-state index in [0.717, 1.165) is 13.1 Å². The van der Waals surface area contributed by atoms with Gasteiger partial charge in [-0.15, -0.1) is 0 Å². The van der Waals surface area contributed by atoms with E-state index in [9.17, 15) is 0 Å². The quantitative estimate of drug-likeness (QED) is 0.734. The maximum atomic E-state index is 6.10. The summed E-state index contributed by atoms with van der Waals surface area (Å²) in [5.41, 5.74) is 0. The van der Waals surface area contributed by atoms with Crippen molar-refractivity contribution in [1.82, 2.24) is 5.32 Å². The number of ether oxygens (including phenoxy) is 1. The molecule has 0 spiro atoms. The maximum Gasteiger partial charge on any atom is 0.0728 e. The van der Waals surface area contributed by atoms with E-state index in [2.05, 4.69) is 19.2 Å². The van der Waals surface area contributed by atoms with Gasteiger partial charge in [-0.3, -0.25) is 0 Å². The Bertz CT molecular complexity index is 178. The Kier molecular flexibility index (Phi) is 2.86. The summed E-state index contributed by atoms with van der Waals surface area (Å²) in [6.07, 6.45) is 3.37. The predicted molar refractivity (Wildman–Crippen MR) is 57.3 cm³/mol. The van der Waals surface area contributed by atoms with Crippen molar-refractivity contribution in [2.45, 2.75) is 43.6 Å². The first-order valence-corrected chi connectivity index (χ1v) is 6.17. The van der Waals surface area contributed by atoms with Crippen LogP contribution < -0.4 is 5.32 Å². The van der Waals surface area contributed by atoms with Gasteiger partial charge in [0.1, 0.15) is 0 Å². The number of nitrogens with one attached hydrogen (secondary N) is 1. The van der Waals surface area contributed by atoms with E-state index < -0.39 is 0 Å². The summed E-state index contributed by atoms with van der Waals surface area (Å²) >= 11 is 2.05. The largest absolute Gasteiger partial charge is 0.372 e. The van der Waals surface area contributed by atoms with Gasteiger partial charge in [0, 0.05) is 11.3 Å². The van der Waals surface area contributed by atoms with E-state index in [4.69, 9.17) is 4.74 Å². The van der Waals surface area contributed by atoms with Crippen LogP contribution in [-0.2, 0) is 4.74 Å². The summed E-state index contributed by atoms with van der Waals surface area (Å²) in [6.45, 7) is 6.79. The lowest BCUT2D eigenvalue weighted by molar-refractivity contribution is -0.0133. The summed E-state index contributed by atoms with van der Waals surface area (Å²) in [7, 11) is 0. The third-order valence-electron chi connectivity index (χ3n) is 3.00. The zero-order valence-electron chi connectivity index (χ0n) is 8.51. The number of hydrogen-bond acceptors (Lipinski definition) is 3. The van der Waals surface area contributed by atoms with Crippen molar-refractivity contribution in [2.24, 2.45) is 0 Å². The van der Waals surface area contributed by atoms with E-state index in [0.29, 0.717) is 17.0 Å². The van der Waals surface area contributed by atoms with Crippen LogP contribution in [0.5, 0.6) is 0 Å². The second-order valence-corrected chi connectivity index (χ2v) is 6.23. The van der Waals surface area contributed by atoms with Crippen molar-refractivity contribution >= 4 is 11.8 Å². The molecule has 0 aromatic heterocycles. The van der Waals surface area contributed by atoms with E-state index >= 15 is 0 Å². The zero-order chi connectivity index (χ0) is 9.31. The molecule has 0 aromatic rings. The van der Waals surface area contributed by atoms with E-state index in [1.54, 1.807) is 0 Å². The van der Waals surface area contributed by atoms with Crippen molar-refractivity contribution in [3.8, 4) is 0 Å². The molecule has 0 aromatic carbocycles. The minimum Gasteiger partial charge on any atom is -0.372 e. The minimum atomic E-state index is 0.336. The first-order chi connectivity index (χ1) is 6.18. The number of hydrogen-bond donors (Lipinski definition) is 1. The van der Waals surface area contributed by atoms with Crippen LogP contribution in [0.25, 0.3) is 0 Å². The van der Waals surface area contributed by atoms with Gasteiger partial charge in [0.15, 0.2) is 0 Å². The predicted octanol–water partition coefficient (Wildman–Crippen LogP) is 1.65. The maximum absolute atomic E-state index is 6.10. The molecule has 2 atom stereocenters. The molecule has 0 radical (unpaired) electrons. The standard InChI is InChI=1S/C10H19NOS/c1-10(2)9(4-6-13-10)12-8-3-5-11-7-8/h8-9,11H,3-7H2,1-2H3. The topological polar surface area (TPSA) is 21.3 Å². The Morgan fingerprint density at radius 1 is 1.38 bits per heavy atom. The van der Waals surface area contributed by atoms with Crippen molar-refractivity contribution in [1.29, 1.82) is 0 Å². The molecule has 0 aliphatic carbocycles. The molecule has 1 N–H and O–H groups in total. The molecule has 2 heterocycles. The molecule has 0 bridgehead atoms. The van der Waals surface area contributed by atoms with Crippen LogP contribution in [0.1, 0.15) is 26.7 Å². The van der Waals surface area contributed by atoms with Gasteiger partial charge in [-0.1, -0.05) is 0 Å². The summed E-state index contributed by atoms with van der Waals surface area (Å²) in [5.74, 6) is 1.26. The molecule has 2 aliphatic rings. The Hall–Kier alpha value is 0.270. The SMILES string of the molecule is CC1(C)SCCC1OC1CCNC1. The monoisotopic (exact) mass is 201 g/mol. The molecule has 13 heavy (non-hydrogen) atoms. The van der Waals surface area contributed by atoms with Gasteiger partial charge in [-0.05, 0) is 39.0 Å². The van der Waals surface area contributed by atoms with Crippen LogP contribution >= 0.6 is 11.8 Å². The van der Waals surface area contributed by atoms with E-state index in [-0.39, 0.29) is 0 Å². The van der Waals surface area contributed by atoms with Crippen molar-refractivity contribution < 1.29 is 4.74 Å². The van der Waals surface area contributed by atoms with E-state index in [1.165, 1.54) is 18.6 Å². The lowest BCUT2D eigenvalue weighted by Gasteiger charge is -2.28. The molecule has 76 valence electrons. The molecule has 2 nitrogen and oxygen atoms in total. The van der Waals surface area contributed by atoms with Crippen LogP contribution in [0, 0.1) is 0 Å². The third kappa shape index (κ3) is 2.20. The van der Waals surface area contributed by atoms with E-state index in [1.807, 2.05) is 11.8 Å². The van der Waals surface area contributed by atoms with Gasteiger partial charge in [-0.2, -0.15) is 11.8 Å². The second kappa shape index (κ2) is 3.79. The molecular formula is C10H19NOS. The molecule has 2 unspecified atom stereocenters. The fraction of sp³-hybridized carbons (Fsp3) is 1.00. The summed E-state index contributed by atoms with van der Waals surface area (Å²) in [4.78, 5) is 0. The van der Waals surface area contributed by atoms with Gasteiger partial charge in [0.25, 0.3) is 0 Å². The molecule has 2 rings (SSSR count). The van der Waals surface area contributed by atoms with Gasteiger partial charge in [-0.25, -0.2) is 0 Å². The summed E-state index contributed by atoms with van der Waals surface area (Å²) < 4.78 is 6.44. The molecule has 2 saturated heterocycles. The smallest absolute Gasteiger partial charge is 0.0728 e. The first-order valence-electron chi connectivity index (χ1n) is 5.18. The van der Waals surface area contributed by atoms with Crippen LogP contribution in [0.2, 0.25) is 0 Å². The van der Waals surface area contributed by atoms with Crippen molar-refractivity contribution in [2.75, 3.05) is 18.8 Å². The lowest BCUT2D eigenvalue weighted by Crippen LogP contribution is -2.34. The number of rotatable bonds is 2. The van der Waals surface area contributed by atoms with Crippen LogP contribution in [0.3, 0.4) is 0 Å². The highest BCUT2D eigenvalue weighted by Crippen LogP contribution is 2.40. The Morgan fingerprint density at radius 2 is 2.23 bits per heavy atom. The fourth-order valence-corrected chi connectivity index (χ4v) is 3.30. The second-order valence-electron chi connectivity index (χ2n) is 4.48. The third-order valence-corrected chi connectivity index (χ3v) is 4.45. The van der Waals surface area contributed by atoms with Gasteiger partial charge in [0.05, 0.1) is 12.2 Å². The lowest BCUT2D eigenvalue weighted by atomic mass is 10.0. The minimum absolute atomic E-state index is 0.336. The summed E-state index contributed by atoms with van der Waals surface area (Å²) in [6, 6.07) is 0. The Labute approximate surface area is 84.8 Å². The van der Waals surface area contributed by atoms with Crippen molar-refractivity contribution in [3.63, 3.8) is 0 Å². The highest BCUT2D eigenvalue weighted by atomic mass is 32.2. The molecular weight excluding hydrogens is 182 g/mol. The molecule has 2 aliphatic heterocycles. The Morgan fingerprint density at radius 3 is 2.77 bits per heavy atom. The average Bonchev–Trinajstić information content (AvgIpc) is 2.63. The first kappa shape index (κ1) is 9.81. The fourth-order valence-electron chi connectivity index (χ4n) is 2.08. The summed E-state index contributed by atoms with van der Waals surface area (Å²) in [5, 5.41) is 3.34. The zero-order valence-corrected chi connectivity index (χ0v) is 9.32. The van der Waals surface area contributed by atoms with Gasteiger partial charge < -0.3 is 10.1 Å². The van der Waals surface area contributed by atoms with Crippen LogP contribution in [0.4, 0.5) is 0 Å². The molecule has 2 fully saturated rings. The van der Waals surface area contributed by atoms with Gasteiger partial charge in [0.2, 0.25) is 0 Å². The number of thioether (sulfide) groups is 1. The van der Waals surface area contributed by atoms with Crippen LogP contribution in [0.15, 0.2) is 0 Å². The highest BCUT2D eigenvalue weighted by molar-refractivity contribution is 8.00. The average molecular weight is 201 g/mol. The van der Waals surface area contributed by atoms with Crippen molar-refractivity contribution in [3.05, 3.63) is 0 Å². The molecule has 3 heteroatoms. The molecule has 0 saturated carbocycles. The molecule has 0 amide bonds. The van der Waals surface area contributed by atoms with Gasteiger partial charge >= 0.3 is 0 Å². The highest BCUT2D eigenvalue weighted by Gasteiger charge is 2.37. The van der Waals surface area contributed by atoms with Crippen LogP contribution in [-0.4, -0.2) is 35.8 Å².